The molecule has 0 spiro atoms. The Bertz CT molecular complexity index is 447. The average molecular weight is 297 g/mol. The van der Waals surface area contributed by atoms with E-state index in [1.54, 1.807) is 0 Å². The van der Waals surface area contributed by atoms with E-state index in [0.717, 1.165) is 37.1 Å². The van der Waals surface area contributed by atoms with Gasteiger partial charge < -0.3 is 15.7 Å². The van der Waals surface area contributed by atoms with Crippen LogP contribution in [0.4, 0.5) is 11.4 Å². The van der Waals surface area contributed by atoms with Gasteiger partial charge in [-0.2, -0.15) is 0 Å². The smallest absolute Gasteiger partial charge is 0.227 e. The summed E-state index contributed by atoms with van der Waals surface area (Å²) in [6.45, 7) is 0.361. The summed E-state index contributed by atoms with van der Waals surface area (Å²) < 4.78 is 0. The highest BCUT2D eigenvalue weighted by Crippen LogP contribution is 2.28. The fourth-order valence-corrected chi connectivity index (χ4v) is 2.56. The van der Waals surface area contributed by atoms with Crippen LogP contribution < -0.4 is 10.6 Å². The first kappa shape index (κ1) is 15.1. The summed E-state index contributed by atoms with van der Waals surface area (Å²) in [7, 11) is 0. The van der Waals surface area contributed by atoms with Crippen LogP contribution in [0.2, 0.25) is 0 Å². The van der Waals surface area contributed by atoms with E-state index in [4.69, 9.17) is 11.6 Å². The molecule has 0 saturated heterocycles. The first-order chi connectivity index (χ1) is 9.70. The average Bonchev–Trinajstić information content (AvgIpc) is 3.00. The molecular weight excluding hydrogens is 276 g/mol. The van der Waals surface area contributed by atoms with Gasteiger partial charge in [-0.15, -0.1) is 11.6 Å². The molecule has 3 N–H and O–H groups in total. The van der Waals surface area contributed by atoms with Crippen molar-refractivity contribution in [3.63, 3.8) is 0 Å². The molecule has 1 aliphatic carbocycles. The first-order valence-corrected chi connectivity index (χ1v) is 7.62. The molecule has 5 heteroatoms. The molecule has 1 unspecified atom stereocenters. The molecule has 20 heavy (non-hydrogen) atoms. The van der Waals surface area contributed by atoms with Gasteiger partial charge >= 0.3 is 0 Å². The van der Waals surface area contributed by atoms with Crippen LogP contribution in [0, 0.1) is 5.92 Å². The fraction of sp³-hybridized carbons (Fsp3) is 0.533. The predicted molar refractivity (Wildman–Crippen MR) is 82.2 cm³/mol. The van der Waals surface area contributed by atoms with Crippen molar-refractivity contribution in [3.8, 4) is 0 Å². The van der Waals surface area contributed by atoms with Crippen LogP contribution in [-0.4, -0.2) is 29.5 Å². The molecule has 0 radical (unpaired) electrons. The summed E-state index contributed by atoms with van der Waals surface area (Å²) in [5.74, 6) is 0.412. The Morgan fingerprint density at radius 3 is 2.60 bits per heavy atom. The summed E-state index contributed by atoms with van der Waals surface area (Å²) in [5, 5.41) is 15.6. The number of nitrogens with one attached hydrogen (secondary N) is 2. The number of halogens is 1. The van der Waals surface area contributed by atoms with Crippen LogP contribution in [0.25, 0.3) is 0 Å². The minimum atomic E-state index is -0.602. The van der Waals surface area contributed by atoms with Gasteiger partial charge in [-0.05, 0) is 25.0 Å². The highest BCUT2D eigenvalue weighted by atomic mass is 35.5. The highest BCUT2D eigenvalue weighted by molar-refractivity contribution is 6.18. The zero-order valence-electron chi connectivity index (χ0n) is 11.4. The van der Waals surface area contributed by atoms with Gasteiger partial charge in [0.15, 0.2) is 0 Å². The van der Waals surface area contributed by atoms with E-state index < -0.39 is 6.10 Å². The zero-order valence-corrected chi connectivity index (χ0v) is 12.2. The van der Waals surface area contributed by atoms with Crippen molar-refractivity contribution in [2.24, 2.45) is 5.92 Å². The lowest BCUT2D eigenvalue weighted by Gasteiger charge is -2.16. The van der Waals surface area contributed by atoms with Crippen LogP contribution in [-0.2, 0) is 4.79 Å². The minimum absolute atomic E-state index is 0.0923. The van der Waals surface area contributed by atoms with E-state index in [2.05, 4.69) is 10.6 Å². The van der Waals surface area contributed by atoms with Gasteiger partial charge in [0.1, 0.15) is 0 Å². The minimum Gasteiger partial charge on any atom is -0.390 e. The van der Waals surface area contributed by atoms with Crippen molar-refractivity contribution >= 4 is 28.9 Å². The summed E-state index contributed by atoms with van der Waals surface area (Å²) in [6.07, 6.45) is 3.63. The lowest BCUT2D eigenvalue weighted by atomic mass is 10.1. The summed E-state index contributed by atoms with van der Waals surface area (Å²) in [6, 6.07) is 7.52. The summed E-state index contributed by atoms with van der Waals surface area (Å²) in [5.41, 5.74) is 1.56. The number of benzene rings is 1. The van der Waals surface area contributed by atoms with Gasteiger partial charge in [0.05, 0.1) is 23.4 Å². The normalized spacial score (nSPS) is 16.9. The highest BCUT2D eigenvalue weighted by Gasteiger charge is 2.23. The van der Waals surface area contributed by atoms with Gasteiger partial charge in [-0.25, -0.2) is 0 Å². The largest absolute Gasteiger partial charge is 0.390 e. The zero-order chi connectivity index (χ0) is 14.4. The van der Waals surface area contributed by atoms with E-state index in [1.165, 1.54) is 0 Å². The second kappa shape index (κ2) is 7.50. The number of para-hydroxylation sites is 2. The number of aliphatic hydroxyl groups excluding tert-OH is 1. The number of hydrogen-bond donors (Lipinski definition) is 3. The van der Waals surface area contributed by atoms with E-state index in [0.29, 0.717) is 6.54 Å². The van der Waals surface area contributed by atoms with Gasteiger partial charge in [-0.1, -0.05) is 25.0 Å². The number of carbonyl (C=O) groups is 1. The van der Waals surface area contributed by atoms with Crippen molar-refractivity contribution in [1.82, 2.24) is 0 Å². The number of anilines is 2. The summed E-state index contributed by atoms with van der Waals surface area (Å²) >= 11 is 5.57. The van der Waals surface area contributed by atoms with Gasteiger partial charge in [-0.3, -0.25) is 4.79 Å². The molecule has 110 valence electrons. The Morgan fingerprint density at radius 1 is 1.30 bits per heavy atom. The predicted octanol–water partition coefficient (Wildman–Crippen LogP) is 2.83. The van der Waals surface area contributed by atoms with E-state index in [1.807, 2.05) is 24.3 Å². The summed E-state index contributed by atoms with van der Waals surface area (Å²) in [4.78, 5) is 12.2. The first-order valence-electron chi connectivity index (χ1n) is 7.08. The Labute approximate surface area is 124 Å². The Balaban J connectivity index is 1.97. The number of carbonyl (C=O) groups excluding carboxylic acids is 1. The van der Waals surface area contributed by atoms with Crippen molar-refractivity contribution < 1.29 is 9.90 Å². The third kappa shape index (κ3) is 4.12. The molecule has 1 saturated carbocycles. The van der Waals surface area contributed by atoms with Crippen molar-refractivity contribution in [1.29, 1.82) is 0 Å². The van der Waals surface area contributed by atoms with Crippen molar-refractivity contribution in [2.45, 2.75) is 31.8 Å². The van der Waals surface area contributed by atoms with E-state index in [-0.39, 0.29) is 17.7 Å². The van der Waals surface area contributed by atoms with Gasteiger partial charge in [0.2, 0.25) is 5.91 Å². The molecule has 1 fully saturated rings. The number of amides is 1. The van der Waals surface area contributed by atoms with E-state index in [9.17, 15) is 9.90 Å². The number of alkyl halides is 1. The fourth-order valence-electron chi connectivity index (χ4n) is 2.45. The second-order valence-corrected chi connectivity index (χ2v) is 5.51. The van der Waals surface area contributed by atoms with Crippen molar-refractivity contribution in [3.05, 3.63) is 24.3 Å². The maximum absolute atomic E-state index is 12.2. The lowest BCUT2D eigenvalue weighted by molar-refractivity contribution is -0.119. The maximum Gasteiger partial charge on any atom is 0.227 e. The molecule has 1 aliphatic rings. The molecular formula is C15H21ClN2O2. The standard InChI is InChI=1S/C15H21ClN2O2/c16-9-12(19)10-17-13-7-3-4-8-14(13)18-15(20)11-5-1-2-6-11/h3-4,7-8,11-12,17,19H,1-2,5-6,9-10H2,(H,18,20). The Kier molecular flexibility index (Phi) is 5.68. The molecule has 1 aromatic rings. The van der Waals surface area contributed by atoms with Gasteiger partial charge in [0, 0.05) is 12.5 Å². The molecule has 0 bridgehead atoms. The van der Waals surface area contributed by atoms with Crippen LogP contribution in [0.5, 0.6) is 0 Å². The molecule has 0 heterocycles. The van der Waals surface area contributed by atoms with Gasteiger partial charge in [0.25, 0.3) is 0 Å². The number of rotatable bonds is 6. The van der Waals surface area contributed by atoms with Crippen LogP contribution in [0.1, 0.15) is 25.7 Å². The van der Waals surface area contributed by atoms with Crippen molar-refractivity contribution in [2.75, 3.05) is 23.1 Å². The van der Waals surface area contributed by atoms with E-state index >= 15 is 0 Å². The Hall–Kier alpha value is -1.26. The lowest BCUT2D eigenvalue weighted by Crippen LogP contribution is -2.23. The number of hydrogen-bond acceptors (Lipinski definition) is 3. The van der Waals surface area contributed by atoms with Crippen LogP contribution >= 0.6 is 11.6 Å². The number of aliphatic hydroxyl groups is 1. The molecule has 4 nitrogen and oxygen atoms in total. The monoisotopic (exact) mass is 296 g/mol. The molecule has 0 aliphatic heterocycles. The molecule has 1 aromatic carbocycles. The quantitative estimate of drug-likeness (QED) is 0.707. The van der Waals surface area contributed by atoms with Crippen LogP contribution in [0.3, 0.4) is 0 Å². The second-order valence-electron chi connectivity index (χ2n) is 5.21. The Morgan fingerprint density at radius 2 is 1.95 bits per heavy atom. The topological polar surface area (TPSA) is 61.4 Å². The third-order valence-electron chi connectivity index (χ3n) is 3.62. The SMILES string of the molecule is O=C(Nc1ccccc1NCC(O)CCl)C1CCCC1. The maximum atomic E-state index is 12.2. The third-order valence-corrected chi connectivity index (χ3v) is 3.97. The molecule has 1 atom stereocenters. The molecule has 1 amide bonds. The molecule has 2 rings (SSSR count). The van der Waals surface area contributed by atoms with Crippen LogP contribution in [0.15, 0.2) is 24.3 Å². The molecule has 0 aromatic heterocycles.